The highest BCUT2D eigenvalue weighted by atomic mass is 32.1. The highest BCUT2D eigenvalue weighted by Gasteiger charge is 2.16. The molecule has 2 heterocycles. The molecule has 0 aliphatic carbocycles. The van der Waals surface area contributed by atoms with Crippen molar-refractivity contribution < 1.29 is 0 Å². The van der Waals surface area contributed by atoms with Crippen LogP contribution in [-0.4, -0.2) is 39.6 Å². The number of rotatable bonds is 5. The number of hydrogen-bond acceptors (Lipinski definition) is 3. The molecule has 2 N–H and O–H groups in total. The van der Waals surface area contributed by atoms with E-state index in [1.54, 1.807) is 6.20 Å². The van der Waals surface area contributed by atoms with E-state index < -0.39 is 0 Å². The maximum atomic E-state index is 11.8. The van der Waals surface area contributed by atoms with Crippen LogP contribution in [0.4, 0.5) is 0 Å². The molecule has 6 heteroatoms. The molecule has 2 aromatic rings. The van der Waals surface area contributed by atoms with Crippen LogP contribution in [0.15, 0.2) is 17.1 Å². The Morgan fingerprint density at radius 2 is 2.10 bits per heavy atom. The fourth-order valence-electron chi connectivity index (χ4n) is 2.49. The molecular formula is C14H22N4OS. The lowest BCUT2D eigenvalue weighted by atomic mass is 10.0. The normalized spacial score (nSPS) is 13.5. The SMILES string of the molecule is CC(C)CC(Cn1c(=S)[nH]c(=O)c2[nH]ccc21)N(C)C. The molecule has 2 aromatic heterocycles. The second-order valence-corrected chi connectivity index (χ2v) is 6.24. The van der Waals surface area contributed by atoms with Gasteiger partial charge in [-0.2, -0.15) is 0 Å². The highest BCUT2D eigenvalue weighted by molar-refractivity contribution is 7.71. The molecule has 110 valence electrons. The van der Waals surface area contributed by atoms with Crippen LogP contribution in [0, 0.1) is 10.7 Å². The molecule has 0 bridgehead atoms. The molecule has 20 heavy (non-hydrogen) atoms. The molecule has 0 saturated carbocycles. The number of nitrogens with one attached hydrogen (secondary N) is 2. The molecule has 0 aromatic carbocycles. The Labute approximate surface area is 123 Å². The first-order chi connectivity index (χ1) is 9.40. The lowest BCUT2D eigenvalue weighted by Gasteiger charge is -2.27. The van der Waals surface area contributed by atoms with Gasteiger partial charge >= 0.3 is 0 Å². The van der Waals surface area contributed by atoms with Crippen LogP contribution in [0.1, 0.15) is 20.3 Å². The minimum absolute atomic E-state index is 0.156. The first-order valence-electron chi connectivity index (χ1n) is 6.86. The number of aromatic nitrogens is 3. The lowest BCUT2D eigenvalue weighted by Crippen LogP contribution is -2.34. The van der Waals surface area contributed by atoms with Crippen molar-refractivity contribution in [3.05, 3.63) is 27.4 Å². The molecule has 1 atom stereocenters. The first-order valence-corrected chi connectivity index (χ1v) is 7.27. The van der Waals surface area contributed by atoms with Gasteiger partial charge in [-0.15, -0.1) is 0 Å². The summed E-state index contributed by atoms with van der Waals surface area (Å²) in [6.07, 6.45) is 2.86. The van der Waals surface area contributed by atoms with Gasteiger partial charge in [-0.3, -0.25) is 9.78 Å². The smallest absolute Gasteiger partial charge is 0.276 e. The summed E-state index contributed by atoms with van der Waals surface area (Å²) in [5.74, 6) is 0.612. The number of likely N-dealkylation sites (N-methyl/N-ethyl adjacent to an activating group) is 1. The number of fused-ring (bicyclic) bond motifs is 1. The molecule has 1 unspecified atom stereocenters. The molecule has 0 saturated heterocycles. The molecule has 0 amide bonds. The molecule has 0 fully saturated rings. The largest absolute Gasteiger partial charge is 0.355 e. The van der Waals surface area contributed by atoms with E-state index >= 15 is 0 Å². The van der Waals surface area contributed by atoms with Crippen LogP contribution < -0.4 is 5.56 Å². The Kier molecular flexibility index (Phi) is 4.45. The molecule has 0 aliphatic rings. The number of nitrogens with zero attached hydrogens (tertiary/aromatic N) is 2. The number of hydrogen-bond donors (Lipinski definition) is 2. The van der Waals surface area contributed by atoms with E-state index in [1.165, 1.54) is 0 Å². The van der Waals surface area contributed by atoms with Crippen molar-refractivity contribution >= 4 is 23.3 Å². The average molecular weight is 294 g/mol. The third kappa shape index (κ3) is 3.02. The Hall–Kier alpha value is -1.40. The minimum atomic E-state index is -0.156. The summed E-state index contributed by atoms with van der Waals surface area (Å²) >= 11 is 5.33. The third-order valence-electron chi connectivity index (χ3n) is 3.58. The topological polar surface area (TPSA) is 56.8 Å². The summed E-state index contributed by atoms with van der Waals surface area (Å²) in [4.78, 5) is 19.8. The van der Waals surface area contributed by atoms with Crippen LogP contribution in [-0.2, 0) is 6.54 Å². The average Bonchev–Trinajstić information content (AvgIpc) is 2.81. The van der Waals surface area contributed by atoms with Gasteiger partial charge in [0.2, 0.25) is 0 Å². The summed E-state index contributed by atoms with van der Waals surface area (Å²) in [6, 6.07) is 2.29. The maximum Gasteiger partial charge on any atom is 0.276 e. The highest BCUT2D eigenvalue weighted by Crippen LogP contribution is 2.15. The monoisotopic (exact) mass is 294 g/mol. The van der Waals surface area contributed by atoms with Gasteiger partial charge in [0, 0.05) is 18.8 Å². The number of H-pyrrole nitrogens is 2. The Morgan fingerprint density at radius 3 is 2.70 bits per heavy atom. The van der Waals surface area contributed by atoms with Gasteiger partial charge in [-0.25, -0.2) is 0 Å². The molecule has 0 radical (unpaired) electrons. The Morgan fingerprint density at radius 1 is 1.40 bits per heavy atom. The van der Waals surface area contributed by atoms with Crippen molar-refractivity contribution in [2.24, 2.45) is 5.92 Å². The fourth-order valence-corrected chi connectivity index (χ4v) is 2.75. The van der Waals surface area contributed by atoms with Gasteiger partial charge in [-0.1, -0.05) is 13.8 Å². The van der Waals surface area contributed by atoms with Crippen LogP contribution in [0.25, 0.3) is 11.0 Å². The lowest BCUT2D eigenvalue weighted by molar-refractivity contribution is 0.230. The predicted octanol–water partition coefficient (Wildman–Crippen LogP) is 2.36. The standard InChI is InChI=1S/C14H22N4OS/c1-9(2)7-10(17(3)4)8-18-11-5-6-15-12(11)13(19)16-14(18)20/h5-6,9-10,15H,7-8H2,1-4H3,(H,16,19,20). The van der Waals surface area contributed by atoms with E-state index in [0.29, 0.717) is 22.2 Å². The van der Waals surface area contributed by atoms with E-state index in [4.69, 9.17) is 12.2 Å². The van der Waals surface area contributed by atoms with Crippen LogP contribution in [0.2, 0.25) is 0 Å². The van der Waals surface area contributed by atoms with E-state index in [2.05, 4.69) is 42.8 Å². The van der Waals surface area contributed by atoms with Gasteiger partial charge in [0.1, 0.15) is 5.52 Å². The zero-order chi connectivity index (χ0) is 14.9. The first kappa shape index (κ1) is 15.0. The van der Waals surface area contributed by atoms with Crippen molar-refractivity contribution in [2.45, 2.75) is 32.9 Å². The van der Waals surface area contributed by atoms with Crippen molar-refractivity contribution in [1.82, 2.24) is 19.4 Å². The van der Waals surface area contributed by atoms with Gasteiger partial charge in [0.15, 0.2) is 4.77 Å². The van der Waals surface area contributed by atoms with E-state index in [1.807, 2.05) is 10.6 Å². The molecule has 0 spiro atoms. The molecule has 0 aliphatic heterocycles. The van der Waals surface area contributed by atoms with E-state index in [0.717, 1.165) is 18.5 Å². The zero-order valence-corrected chi connectivity index (χ0v) is 13.3. The van der Waals surface area contributed by atoms with Crippen molar-refractivity contribution in [3.8, 4) is 0 Å². The van der Waals surface area contributed by atoms with Crippen LogP contribution in [0.5, 0.6) is 0 Å². The molecule has 2 rings (SSSR count). The van der Waals surface area contributed by atoms with E-state index in [9.17, 15) is 4.79 Å². The summed E-state index contributed by atoms with van der Waals surface area (Å²) in [5, 5.41) is 0. The Bertz CT molecular complexity index is 695. The summed E-state index contributed by atoms with van der Waals surface area (Å²) in [5.41, 5.74) is 1.30. The van der Waals surface area contributed by atoms with Crippen molar-refractivity contribution in [3.63, 3.8) is 0 Å². The quantitative estimate of drug-likeness (QED) is 0.832. The van der Waals surface area contributed by atoms with Crippen molar-refractivity contribution in [2.75, 3.05) is 14.1 Å². The van der Waals surface area contributed by atoms with Gasteiger partial charge in [-0.05, 0) is 44.7 Å². The Balaban J connectivity index is 2.44. The summed E-state index contributed by atoms with van der Waals surface area (Å²) in [6.45, 7) is 5.21. The van der Waals surface area contributed by atoms with Gasteiger partial charge in [0.05, 0.1) is 5.52 Å². The second-order valence-electron chi connectivity index (χ2n) is 5.85. The van der Waals surface area contributed by atoms with Gasteiger partial charge in [0.25, 0.3) is 5.56 Å². The predicted molar refractivity (Wildman–Crippen MR) is 84.7 cm³/mol. The second kappa shape index (κ2) is 5.93. The summed E-state index contributed by atoms with van der Waals surface area (Å²) in [7, 11) is 4.16. The van der Waals surface area contributed by atoms with Crippen LogP contribution in [0.3, 0.4) is 0 Å². The fraction of sp³-hybridized carbons (Fsp3) is 0.571. The van der Waals surface area contributed by atoms with E-state index in [-0.39, 0.29) is 5.56 Å². The summed E-state index contributed by atoms with van der Waals surface area (Å²) < 4.78 is 2.49. The maximum absolute atomic E-state index is 11.8. The molecule has 5 nitrogen and oxygen atoms in total. The van der Waals surface area contributed by atoms with Crippen LogP contribution >= 0.6 is 12.2 Å². The number of aromatic amines is 2. The zero-order valence-electron chi connectivity index (χ0n) is 12.4. The van der Waals surface area contributed by atoms with Gasteiger partial charge < -0.3 is 14.5 Å². The minimum Gasteiger partial charge on any atom is -0.355 e. The third-order valence-corrected chi connectivity index (χ3v) is 3.90. The van der Waals surface area contributed by atoms with Crippen molar-refractivity contribution in [1.29, 1.82) is 0 Å². The molecular weight excluding hydrogens is 272 g/mol.